The lowest BCUT2D eigenvalue weighted by Gasteiger charge is -2.36. The van der Waals surface area contributed by atoms with Gasteiger partial charge in [0.1, 0.15) is 5.75 Å². The SMILES string of the molecule is COc1ccc(N2CCN(C(=O)CCNc3ccc(C(C)=O)cc3)CC2)cc1. The predicted molar refractivity (Wildman–Crippen MR) is 111 cm³/mol. The van der Waals surface area contributed by atoms with Gasteiger partial charge >= 0.3 is 0 Å². The molecule has 3 rings (SSSR count). The first kappa shape index (κ1) is 19.7. The third kappa shape index (κ3) is 5.03. The molecular formula is C22H27N3O3. The fraction of sp³-hybridized carbons (Fsp3) is 0.364. The summed E-state index contributed by atoms with van der Waals surface area (Å²) in [6, 6.07) is 15.4. The zero-order valence-electron chi connectivity index (χ0n) is 16.5. The van der Waals surface area contributed by atoms with Crippen molar-refractivity contribution in [2.24, 2.45) is 0 Å². The number of amides is 1. The molecule has 0 atom stereocenters. The van der Waals surface area contributed by atoms with Gasteiger partial charge in [-0.3, -0.25) is 9.59 Å². The number of ketones is 1. The molecule has 0 saturated carbocycles. The monoisotopic (exact) mass is 381 g/mol. The van der Waals surface area contributed by atoms with Crippen molar-refractivity contribution in [1.82, 2.24) is 4.90 Å². The number of hydrogen-bond donors (Lipinski definition) is 1. The Morgan fingerprint density at radius 2 is 1.61 bits per heavy atom. The van der Waals surface area contributed by atoms with Gasteiger partial charge in [-0.15, -0.1) is 0 Å². The second-order valence-electron chi connectivity index (χ2n) is 6.88. The first-order valence-corrected chi connectivity index (χ1v) is 9.58. The summed E-state index contributed by atoms with van der Waals surface area (Å²) >= 11 is 0. The lowest BCUT2D eigenvalue weighted by molar-refractivity contribution is -0.131. The third-order valence-electron chi connectivity index (χ3n) is 5.03. The van der Waals surface area contributed by atoms with Gasteiger partial charge in [0.25, 0.3) is 0 Å². The van der Waals surface area contributed by atoms with E-state index in [1.807, 2.05) is 29.2 Å². The highest BCUT2D eigenvalue weighted by Gasteiger charge is 2.20. The number of methoxy groups -OCH3 is 1. The van der Waals surface area contributed by atoms with E-state index in [2.05, 4.69) is 22.3 Å². The smallest absolute Gasteiger partial charge is 0.224 e. The summed E-state index contributed by atoms with van der Waals surface area (Å²) in [5.41, 5.74) is 2.77. The summed E-state index contributed by atoms with van der Waals surface area (Å²) in [5.74, 6) is 1.07. The zero-order chi connectivity index (χ0) is 19.9. The number of nitrogens with one attached hydrogen (secondary N) is 1. The standard InChI is InChI=1S/C22H27N3O3/c1-17(26)18-3-5-19(6-4-18)23-12-11-22(27)25-15-13-24(14-16-25)20-7-9-21(28-2)10-8-20/h3-10,23H,11-16H2,1-2H3. The quantitative estimate of drug-likeness (QED) is 0.747. The second-order valence-corrected chi connectivity index (χ2v) is 6.88. The maximum atomic E-state index is 12.5. The molecule has 1 heterocycles. The second kappa shape index (κ2) is 9.26. The Morgan fingerprint density at radius 3 is 2.18 bits per heavy atom. The van der Waals surface area contributed by atoms with E-state index in [0.29, 0.717) is 18.5 Å². The van der Waals surface area contributed by atoms with Crippen molar-refractivity contribution in [2.45, 2.75) is 13.3 Å². The molecule has 0 spiro atoms. The van der Waals surface area contributed by atoms with Crippen LogP contribution in [0.1, 0.15) is 23.7 Å². The van der Waals surface area contributed by atoms with Gasteiger partial charge in [0.05, 0.1) is 7.11 Å². The van der Waals surface area contributed by atoms with Gasteiger partial charge in [0, 0.05) is 56.1 Å². The molecule has 0 radical (unpaired) electrons. The van der Waals surface area contributed by atoms with E-state index in [1.54, 1.807) is 26.2 Å². The molecule has 0 aliphatic carbocycles. The van der Waals surface area contributed by atoms with E-state index in [9.17, 15) is 9.59 Å². The first-order valence-electron chi connectivity index (χ1n) is 9.58. The molecule has 1 aliphatic heterocycles. The largest absolute Gasteiger partial charge is 0.497 e. The fourth-order valence-electron chi connectivity index (χ4n) is 3.30. The van der Waals surface area contributed by atoms with E-state index in [-0.39, 0.29) is 11.7 Å². The molecular weight excluding hydrogens is 354 g/mol. The molecule has 1 N–H and O–H groups in total. The first-order chi connectivity index (χ1) is 13.6. The number of rotatable bonds is 7. The predicted octanol–water partition coefficient (Wildman–Crippen LogP) is 3.05. The van der Waals surface area contributed by atoms with Gasteiger partial charge in [-0.05, 0) is 55.5 Å². The normalized spacial score (nSPS) is 13.9. The van der Waals surface area contributed by atoms with Crippen LogP contribution in [0, 0.1) is 0 Å². The van der Waals surface area contributed by atoms with Crippen LogP contribution in [0.25, 0.3) is 0 Å². The molecule has 28 heavy (non-hydrogen) atoms. The molecule has 2 aromatic rings. The van der Waals surface area contributed by atoms with Crippen LogP contribution in [0.4, 0.5) is 11.4 Å². The Hall–Kier alpha value is -3.02. The Labute approximate surface area is 166 Å². The number of carbonyl (C=O) groups is 2. The maximum absolute atomic E-state index is 12.5. The van der Waals surface area contributed by atoms with Crippen molar-refractivity contribution >= 4 is 23.1 Å². The highest BCUT2D eigenvalue weighted by Crippen LogP contribution is 2.20. The van der Waals surface area contributed by atoms with Crippen LogP contribution < -0.4 is 15.0 Å². The zero-order valence-corrected chi connectivity index (χ0v) is 16.5. The van der Waals surface area contributed by atoms with E-state index >= 15 is 0 Å². The van der Waals surface area contributed by atoms with Gasteiger partial charge in [-0.25, -0.2) is 0 Å². The van der Waals surface area contributed by atoms with Crippen molar-refractivity contribution in [3.05, 3.63) is 54.1 Å². The topological polar surface area (TPSA) is 61.9 Å². The van der Waals surface area contributed by atoms with Gasteiger partial charge < -0.3 is 19.9 Å². The number of Topliss-reactive ketones (excluding diaryl/α,β-unsaturated/α-hetero) is 1. The van der Waals surface area contributed by atoms with Crippen LogP contribution >= 0.6 is 0 Å². The summed E-state index contributed by atoms with van der Waals surface area (Å²) in [7, 11) is 1.66. The summed E-state index contributed by atoms with van der Waals surface area (Å²) in [5, 5.41) is 3.25. The van der Waals surface area contributed by atoms with Crippen molar-refractivity contribution in [3.8, 4) is 5.75 Å². The summed E-state index contributed by atoms with van der Waals surface area (Å²) in [6.07, 6.45) is 0.455. The average Bonchev–Trinajstić information content (AvgIpc) is 2.74. The molecule has 6 heteroatoms. The van der Waals surface area contributed by atoms with Crippen molar-refractivity contribution in [3.63, 3.8) is 0 Å². The van der Waals surface area contributed by atoms with Crippen LogP contribution in [-0.4, -0.2) is 56.4 Å². The molecule has 6 nitrogen and oxygen atoms in total. The number of piperazine rings is 1. The number of nitrogens with zero attached hydrogens (tertiary/aromatic N) is 2. The lowest BCUT2D eigenvalue weighted by atomic mass is 10.1. The minimum absolute atomic E-state index is 0.0514. The van der Waals surface area contributed by atoms with Gasteiger partial charge in [-0.2, -0.15) is 0 Å². The Kier molecular flexibility index (Phi) is 6.53. The third-order valence-corrected chi connectivity index (χ3v) is 5.03. The van der Waals surface area contributed by atoms with E-state index in [1.165, 1.54) is 0 Å². The average molecular weight is 381 g/mol. The maximum Gasteiger partial charge on any atom is 0.224 e. The molecule has 0 bridgehead atoms. The highest BCUT2D eigenvalue weighted by atomic mass is 16.5. The summed E-state index contributed by atoms with van der Waals surface area (Å²) < 4.78 is 5.20. The number of anilines is 2. The number of hydrogen-bond acceptors (Lipinski definition) is 5. The molecule has 0 unspecified atom stereocenters. The van der Waals surface area contributed by atoms with Gasteiger partial charge in [0.2, 0.25) is 5.91 Å². The minimum Gasteiger partial charge on any atom is -0.497 e. The molecule has 1 aliphatic rings. The Morgan fingerprint density at radius 1 is 0.964 bits per heavy atom. The molecule has 1 saturated heterocycles. The highest BCUT2D eigenvalue weighted by molar-refractivity contribution is 5.94. The van der Waals surface area contributed by atoms with Crippen molar-refractivity contribution in [2.75, 3.05) is 50.1 Å². The molecule has 1 amide bonds. The summed E-state index contributed by atoms with van der Waals surface area (Å²) in [6.45, 7) is 5.26. The van der Waals surface area contributed by atoms with Crippen LogP contribution in [0.3, 0.4) is 0 Å². The fourth-order valence-corrected chi connectivity index (χ4v) is 3.30. The van der Waals surface area contributed by atoms with Crippen molar-refractivity contribution < 1.29 is 14.3 Å². The van der Waals surface area contributed by atoms with E-state index < -0.39 is 0 Å². The van der Waals surface area contributed by atoms with Crippen LogP contribution in [0.15, 0.2) is 48.5 Å². The molecule has 2 aromatic carbocycles. The molecule has 1 fully saturated rings. The minimum atomic E-state index is 0.0514. The Balaban J connectivity index is 1.41. The number of ether oxygens (including phenoxy) is 1. The van der Waals surface area contributed by atoms with Crippen molar-refractivity contribution in [1.29, 1.82) is 0 Å². The van der Waals surface area contributed by atoms with Crippen LogP contribution in [0.5, 0.6) is 5.75 Å². The molecule has 148 valence electrons. The van der Waals surface area contributed by atoms with Gasteiger partial charge in [-0.1, -0.05) is 0 Å². The van der Waals surface area contributed by atoms with Crippen LogP contribution in [-0.2, 0) is 4.79 Å². The van der Waals surface area contributed by atoms with Crippen LogP contribution in [0.2, 0.25) is 0 Å². The number of benzene rings is 2. The van der Waals surface area contributed by atoms with Gasteiger partial charge in [0.15, 0.2) is 5.78 Å². The molecule has 0 aromatic heterocycles. The number of carbonyl (C=O) groups excluding carboxylic acids is 2. The summed E-state index contributed by atoms with van der Waals surface area (Å²) in [4.78, 5) is 28.0. The van der Waals surface area contributed by atoms with E-state index in [0.717, 1.165) is 43.3 Å². The lowest BCUT2D eigenvalue weighted by Crippen LogP contribution is -2.49. The Bertz CT molecular complexity index is 795. The van der Waals surface area contributed by atoms with E-state index in [4.69, 9.17) is 4.74 Å².